The van der Waals surface area contributed by atoms with Crippen molar-refractivity contribution >= 4 is 23.2 Å². The van der Waals surface area contributed by atoms with Crippen LogP contribution in [0.3, 0.4) is 0 Å². The number of nitrogens with one attached hydrogen (secondary N) is 1. The number of hydrazine groups is 1. The van der Waals surface area contributed by atoms with Crippen molar-refractivity contribution in [1.29, 1.82) is 0 Å². The van der Waals surface area contributed by atoms with Crippen molar-refractivity contribution in [1.82, 2.24) is 5.43 Å². The molecule has 0 bridgehead atoms. The highest BCUT2D eigenvalue weighted by Gasteiger charge is 2.12. The normalized spacial score (nSPS) is 12.4. The Bertz CT molecular complexity index is 558. The lowest BCUT2D eigenvalue weighted by Crippen LogP contribution is -2.29. The highest BCUT2D eigenvalue weighted by molar-refractivity contribution is 6.31. The molecular formula is C14H13Cl2FN2. The van der Waals surface area contributed by atoms with Crippen molar-refractivity contribution in [2.45, 2.75) is 12.5 Å². The third kappa shape index (κ3) is 3.67. The van der Waals surface area contributed by atoms with Crippen molar-refractivity contribution in [3.63, 3.8) is 0 Å². The average molecular weight is 299 g/mol. The molecule has 2 aromatic carbocycles. The van der Waals surface area contributed by atoms with Crippen LogP contribution in [-0.4, -0.2) is 0 Å². The van der Waals surface area contributed by atoms with Gasteiger partial charge in [-0.15, -0.1) is 0 Å². The van der Waals surface area contributed by atoms with Crippen LogP contribution in [0.5, 0.6) is 0 Å². The summed E-state index contributed by atoms with van der Waals surface area (Å²) in [4.78, 5) is 0. The molecule has 0 spiro atoms. The van der Waals surface area contributed by atoms with Gasteiger partial charge in [-0.05, 0) is 41.8 Å². The number of hydrogen-bond donors (Lipinski definition) is 2. The zero-order valence-electron chi connectivity index (χ0n) is 10.0. The first kappa shape index (κ1) is 14.3. The molecule has 2 aromatic rings. The van der Waals surface area contributed by atoms with Crippen LogP contribution in [0.4, 0.5) is 4.39 Å². The van der Waals surface area contributed by atoms with Gasteiger partial charge in [0.2, 0.25) is 0 Å². The van der Waals surface area contributed by atoms with Crippen molar-refractivity contribution in [2.24, 2.45) is 5.84 Å². The lowest BCUT2D eigenvalue weighted by molar-refractivity contribution is 0.549. The molecule has 19 heavy (non-hydrogen) atoms. The summed E-state index contributed by atoms with van der Waals surface area (Å²) >= 11 is 11.6. The van der Waals surface area contributed by atoms with Gasteiger partial charge in [0, 0.05) is 5.02 Å². The van der Waals surface area contributed by atoms with E-state index in [4.69, 9.17) is 29.0 Å². The van der Waals surface area contributed by atoms with Crippen LogP contribution < -0.4 is 11.3 Å². The van der Waals surface area contributed by atoms with Gasteiger partial charge in [0.15, 0.2) is 0 Å². The Morgan fingerprint density at radius 3 is 2.37 bits per heavy atom. The van der Waals surface area contributed by atoms with Crippen molar-refractivity contribution in [2.75, 3.05) is 0 Å². The van der Waals surface area contributed by atoms with E-state index in [9.17, 15) is 4.39 Å². The standard InChI is InChI=1S/C14H13Cl2FN2/c15-11-4-1-9(2-5-11)7-14(19-18)10-3-6-13(17)12(16)8-10/h1-6,8,14,19H,7,18H2. The number of halogens is 3. The third-order valence-corrected chi connectivity index (χ3v) is 3.44. The van der Waals surface area contributed by atoms with Gasteiger partial charge >= 0.3 is 0 Å². The van der Waals surface area contributed by atoms with E-state index in [1.807, 2.05) is 24.3 Å². The fourth-order valence-electron chi connectivity index (χ4n) is 1.86. The lowest BCUT2D eigenvalue weighted by Gasteiger charge is -2.17. The van der Waals surface area contributed by atoms with E-state index in [1.165, 1.54) is 6.07 Å². The zero-order chi connectivity index (χ0) is 13.8. The summed E-state index contributed by atoms with van der Waals surface area (Å²) in [5, 5.41) is 0.777. The topological polar surface area (TPSA) is 38.0 Å². The number of nitrogens with two attached hydrogens (primary N) is 1. The summed E-state index contributed by atoms with van der Waals surface area (Å²) in [7, 11) is 0. The molecule has 1 unspecified atom stereocenters. The Morgan fingerprint density at radius 1 is 1.11 bits per heavy atom. The fraction of sp³-hybridized carbons (Fsp3) is 0.143. The maximum Gasteiger partial charge on any atom is 0.141 e. The summed E-state index contributed by atoms with van der Waals surface area (Å²) in [6.45, 7) is 0. The Labute approximate surface area is 121 Å². The molecule has 0 fully saturated rings. The third-order valence-electron chi connectivity index (χ3n) is 2.90. The molecule has 100 valence electrons. The molecule has 2 nitrogen and oxygen atoms in total. The molecule has 5 heteroatoms. The molecule has 1 atom stereocenters. The second kappa shape index (κ2) is 6.35. The molecule has 0 radical (unpaired) electrons. The van der Waals surface area contributed by atoms with Crippen LogP contribution in [0, 0.1) is 5.82 Å². The fourth-order valence-corrected chi connectivity index (χ4v) is 2.17. The van der Waals surface area contributed by atoms with Gasteiger partial charge in [-0.3, -0.25) is 11.3 Å². The minimum atomic E-state index is -0.437. The molecule has 2 rings (SSSR count). The van der Waals surface area contributed by atoms with Crippen molar-refractivity contribution < 1.29 is 4.39 Å². The van der Waals surface area contributed by atoms with Gasteiger partial charge in [-0.25, -0.2) is 4.39 Å². The minimum Gasteiger partial charge on any atom is -0.271 e. The highest BCUT2D eigenvalue weighted by Crippen LogP contribution is 2.23. The quantitative estimate of drug-likeness (QED) is 0.664. The van der Waals surface area contributed by atoms with E-state index in [1.54, 1.807) is 12.1 Å². The average Bonchev–Trinajstić information content (AvgIpc) is 2.41. The van der Waals surface area contributed by atoms with Gasteiger partial charge < -0.3 is 0 Å². The van der Waals surface area contributed by atoms with Gasteiger partial charge in [0.25, 0.3) is 0 Å². The largest absolute Gasteiger partial charge is 0.271 e. The Hall–Kier alpha value is -1.13. The monoisotopic (exact) mass is 298 g/mol. The number of rotatable bonds is 4. The summed E-state index contributed by atoms with van der Waals surface area (Å²) in [6, 6.07) is 11.9. The van der Waals surface area contributed by atoms with E-state index in [0.717, 1.165) is 11.1 Å². The SMILES string of the molecule is NNC(Cc1ccc(Cl)cc1)c1ccc(F)c(Cl)c1. The second-order valence-electron chi connectivity index (χ2n) is 4.22. The Kier molecular flexibility index (Phi) is 4.77. The molecule has 0 saturated carbocycles. The first-order valence-electron chi connectivity index (χ1n) is 5.75. The van der Waals surface area contributed by atoms with E-state index >= 15 is 0 Å². The summed E-state index contributed by atoms with van der Waals surface area (Å²) in [6.07, 6.45) is 0.662. The molecule has 0 saturated heterocycles. The van der Waals surface area contributed by atoms with Crippen LogP contribution in [0.2, 0.25) is 10.0 Å². The molecule has 0 amide bonds. The van der Waals surface area contributed by atoms with E-state index in [0.29, 0.717) is 11.4 Å². The lowest BCUT2D eigenvalue weighted by atomic mass is 9.99. The maximum atomic E-state index is 13.1. The molecule has 0 aliphatic heterocycles. The van der Waals surface area contributed by atoms with Crippen LogP contribution in [0.15, 0.2) is 42.5 Å². The number of benzene rings is 2. The van der Waals surface area contributed by atoms with E-state index < -0.39 is 5.82 Å². The highest BCUT2D eigenvalue weighted by atomic mass is 35.5. The molecule has 0 aliphatic rings. The van der Waals surface area contributed by atoms with Gasteiger partial charge in [-0.2, -0.15) is 0 Å². The first-order chi connectivity index (χ1) is 9.10. The van der Waals surface area contributed by atoms with Gasteiger partial charge in [0.1, 0.15) is 5.82 Å². The first-order valence-corrected chi connectivity index (χ1v) is 6.51. The molecule has 0 aromatic heterocycles. The van der Waals surface area contributed by atoms with Gasteiger partial charge in [-0.1, -0.05) is 41.4 Å². The van der Waals surface area contributed by atoms with E-state index in [-0.39, 0.29) is 11.1 Å². The predicted molar refractivity (Wildman–Crippen MR) is 76.6 cm³/mol. The van der Waals surface area contributed by atoms with Crippen LogP contribution >= 0.6 is 23.2 Å². The summed E-state index contributed by atoms with van der Waals surface area (Å²) in [5.74, 6) is 5.12. The van der Waals surface area contributed by atoms with Crippen LogP contribution in [-0.2, 0) is 6.42 Å². The summed E-state index contributed by atoms with van der Waals surface area (Å²) < 4.78 is 13.1. The minimum absolute atomic E-state index is 0.0915. The van der Waals surface area contributed by atoms with E-state index in [2.05, 4.69) is 5.43 Å². The number of hydrogen-bond acceptors (Lipinski definition) is 2. The van der Waals surface area contributed by atoms with Crippen molar-refractivity contribution in [3.05, 3.63) is 69.5 Å². The Balaban J connectivity index is 2.19. The smallest absolute Gasteiger partial charge is 0.141 e. The predicted octanol–water partition coefficient (Wildman–Crippen LogP) is 3.88. The molecular weight excluding hydrogens is 286 g/mol. The van der Waals surface area contributed by atoms with Crippen LogP contribution in [0.1, 0.15) is 17.2 Å². The Morgan fingerprint density at radius 2 is 1.79 bits per heavy atom. The van der Waals surface area contributed by atoms with Crippen molar-refractivity contribution in [3.8, 4) is 0 Å². The molecule has 0 heterocycles. The zero-order valence-corrected chi connectivity index (χ0v) is 11.5. The van der Waals surface area contributed by atoms with Crippen LogP contribution in [0.25, 0.3) is 0 Å². The molecule has 0 aliphatic carbocycles. The maximum absolute atomic E-state index is 13.1. The summed E-state index contributed by atoms with van der Waals surface area (Å²) in [5.41, 5.74) is 4.63. The second-order valence-corrected chi connectivity index (χ2v) is 5.07. The molecule has 3 N–H and O–H groups in total. The van der Waals surface area contributed by atoms with Gasteiger partial charge in [0.05, 0.1) is 11.1 Å².